The zero-order chi connectivity index (χ0) is 17.2. The van der Waals surface area contributed by atoms with Gasteiger partial charge in [0.15, 0.2) is 5.76 Å². The summed E-state index contributed by atoms with van der Waals surface area (Å²) in [5.74, 6) is 1.72. The molecule has 1 aromatic carbocycles. The lowest BCUT2D eigenvalue weighted by Gasteiger charge is -2.02. The molecule has 0 aliphatic carbocycles. The second-order valence-corrected chi connectivity index (χ2v) is 6.16. The number of rotatable bonds is 4. The lowest BCUT2D eigenvalue weighted by Crippen LogP contribution is -2.23. The van der Waals surface area contributed by atoms with Crippen LogP contribution in [0.3, 0.4) is 0 Å². The highest BCUT2D eigenvalue weighted by molar-refractivity contribution is 7.15. The average molecular weight is 351 g/mol. The van der Waals surface area contributed by atoms with Crippen molar-refractivity contribution in [3.63, 3.8) is 0 Å². The first-order chi connectivity index (χ1) is 12.3. The molecule has 6 nitrogen and oxygen atoms in total. The van der Waals surface area contributed by atoms with Crippen LogP contribution in [0.25, 0.3) is 28.7 Å². The van der Waals surface area contributed by atoms with Crippen LogP contribution in [0, 0.1) is 0 Å². The first-order valence-corrected chi connectivity index (χ1v) is 8.33. The minimum Gasteiger partial charge on any atom is -0.496 e. The van der Waals surface area contributed by atoms with Crippen LogP contribution in [0.4, 0.5) is 0 Å². The molecule has 0 spiro atoms. The highest BCUT2D eigenvalue weighted by Gasteiger charge is 2.12. The molecule has 0 bridgehead atoms. The number of nitrogens with zero attached hydrogens (tertiary/aromatic N) is 3. The molecular formula is C18H13N3O3S. The van der Waals surface area contributed by atoms with Gasteiger partial charge in [-0.2, -0.15) is 9.50 Å². The topological polar surface area (TPSA) is 69.6 Å². The van der Waals surface area contributed by atoms with Gasteiger partial charge in [-0.25, -0.2) is 0 Å². The number of fused-ring (bicyclic) bond motifs is 1. The maximum Gasteiger partial charge on any atom is 0.291 e. The SMILES string of the molecule is COc1ccccc1/C=C\C=c1/sc2nc(-c3ccco3)nn2c1=O. The van der Waals surface area contributed by atoms with Gasteiger partial charge in [-0.05, 0) is 24.3 Å². The number of aromatic nitrogens is 3. The Hall–Kier alpha value is -3.19. The van der Waals surface area contributed by atoms with Gasteiger partial charge in [-0.3, -0.25) is 4.79 Å². The van der Waals surface area contributed by atoms with E-state index in [0.29, 0.717) is 21.1 Å². The van der Waals surface area contributed by atoms with Crippen LogP contribution in [0.2, 0.25) is 0 Å². The van der Waals surface area contributed by atoms with E-state index in [-0.39, 0.29) is 5.56 Å². The van der Waals surface area contributed by atoms with E-state index in [2.05, 4.69) is 10.1 Å². The number of furan rings is 1. The molecule has 0 saturated heterocycles. The van der Waals surface area contributed by atoms with Gasteiger partial charge >= 0.3 is 0 Å². The maximum absolute atomic E-state index is 12.4. The Morgan fingerprint density at radius 2 is 2.12 bits per heavy atom. The van der Waals surface area contributed by atoms with Gasteiger partial charge in [-0.15, -0.1) is 5.10 Å². The summed E-state index contributed by atoms with van der Waals surface area (Å²) in [6.45, 7) is 0. The minimum atomic E-state index is -0.199. The van der Waals surface area contributed by atoms with Crippen molar-refractivity contribution in [2.45, 2.75) is 0 Å². The van der Waals surface area contributed by atoms with Gasteiger partial charge in [0.25, 0.3) is 5.56 Å². The lowest BCUT2D eigenvalue weighted by molar-refractivity contribution is 0.414. The van der Waals surface area contributed by atoms with Crippen molar-refractivity contribution < 1.29 is 9.15 Å². The van der Waals surface area contributed by atoms with Crippen molar-refractivity contribution >= 4 is 28.4 Å². The number of hydrogen-bond acceptors (Lipinski definition) is 6. The summed E-state index contributed by atoms with van der Waals surface area (Å²) in [7, 11) is 1.63. The van der Waals surface area contributed by atoms with E-state index in [1.165, 1.54) is 15.9 Å². The van der Waals surface area contributed by atoms with E-state index in [1.807, 2.05) is 36.4 Å². The molecule has 0 fully saturated rings. The highest BCUT2D eigenvalue weighted by atomic mass is 32.1. The minimum absolute atomic E-state index is 0.199. The Labute approximate surface area is 146 Å². The van der Waals surface area contributed by atoms with Gasteiger partial charge in [0.1, 0.15) is 5.75 Å². The molecule has 124 valence electrons. The first-order valence-electron chi connectivity index (χ1n) is 7.51. The third kappa shape index (κ3) is 2.85. The van der Waals surface area contributed by atoms with Crippen molar-refractivity contribution in [1.29, 1.82) is 0 Å². The summed E-state index contributed by atoms with van der Waals surface area (Å²) in [4.78, 5) is 17.3. The molecule has 25 heavy (non-hydrogen) atoms. The molecule has 0 aliphatic rings. The zero-order valence-corrected chi connectivity index (χ0v) is 14.1. The fourth-order valence-electron chi connectivity index (χ4n) is 2.40. The molecular weight excluding hydrogens is 338 g/mol. The fourth-order valence-corrected chi connectivity index (χ4v) is 3.26. The molecule has 3 heterocycles. The quantitative estimate of drug-likeness (QED) is 0.565. The first kappa shape index (κ1) is 15.3. The maximum atomic E-state index is 12.4. The normalized spacial score (nSPS) is 12.4. The molecule has 3 aromatic heterocycles. The molecule has 0 aliphatic heterocycles. The number of para-hydroxylation sites is 1. The number of hydrogen-bond donors (Lipinski definition) is 0. The largest absolute Gasteiger partial charge is 0.496 e. The van der Waals surface area contributed by atoms with Crippen LogP contribution in [-0.2, 0) is 0 Å². The van der Waals surface area contributed by atoms with Crippen LogP contribution in [0.1, 0.15) is 5.56 Å². The Morgan fingerprint density at radius 3 is 2.88 bits per heavy atom. The number of ether oxygens (including phenoxy) is 1. The van der Waals surface area contributed by atoms with Crippen LogP contribution < -0.4 is 14.8 Å². The van der Waals surface area contributed by atoms with Crippen LogP contribution in [0.5, 0.6) is 5.75 Å². The monoisotopic (exact) mass is 351 g/mol. The number of allylic oxidation sites excluding steroid dienone is 1. The summed E-state index contributed by atoms with van der Waals surface area (Å²) in [5.41, 5.74) is 0.739. The third-order valence-corrected chi connectivity index (χ3v) is 4.56. The van der Waals surface area contributed by atoms with E-state index in [4.69, 9.17) is 9.15 Å². The van der Waals surface area contributed by atoms with Gasteiger partial charge in [0.05, 0.1) is 17.9 Å². The Kier molecular flexibility index (Phi) is 3.91. The van der Waals surface area contributed by atoms with Gasteiger partial charge in [0, 0.05) is 5.56 Å². The van der Waals surface area contributed by atoms with E-state index in [9.17, 15) is 4.79 Å². The van der Waals surface area contributed by atoms with E-state index >= 15 is 0 Å². The lowest BCUT2D eigenvalue weighted by atomic mass is 10.2. The Bertz CT molecular complexity index is 1160. The van der Waals surface area contributed by atoms with Gasteiger partial charge < -0.3 is 9.15 Å². The van der Waals surface area contributed by atoms with Crippen LogP contribution >= 0.6 is 11.3 Å². The van der Waals surface area contributed by atoms with E-state index in [0.717, 1.165) is 11.3 Å². The second-order valence-electron chi connectivity index (χ2n) is 5.15. The molecule has 0 N–H and O–H groups in total. The fraction of sp³-hybridized carbons (Fsp3) is 0.0556. The van der Waals surface area contributed by atoms with E-state index in [1.54, 1.807) is 31.6 Å². The highest BCUT2D eigenvalue weighted by Crippen LogP contribution is 2.19. The van der Waals surface area contributed by atoms with Crippen molar-refractivity contribution in [3.8, 4) is 17.3 Å². The summed E-state index contributed by atoms with van der Waals surface area (Å²) < 4.78 is 12.4. The summed E-state index contributed by atoms with van der Waals surface area (Å²) >= 11 is 1.28. The molecule has 0 radical (unpaired) electrons. The van der Waals surface area contributed by atoms with Crippen molar-refractivity contribution in [2.24, 2.45) is 0 Å². The Balaban J connectivity index is 1.69. The molecule has 7 heteroatoms. The predicted molar refractivity (Wildman–Crippen MR) is 96.5 cm³/mol. The zero-order valence-electron chi connectivity index (χ0n) is 13.2. The number of thiazole rings is 1. The smallest absolute Gasteiger partial charge is 0.291 e. The molecule has 0 saturated carbocycles. The summed E-state index contributed by atoms with van der Waals surface area (Å²) in [6, 6.07) is 11.2. The average Bonchev–Trinajstić information content (AvgIpc) is 3.34. The molecule has 4 rings (SSSR count). The Morgan fingerprint density at radius 1 is 1.24 bits per heavy atom. The van der Waals surface area contributed by atoms with E-state index < -0.39 is 0 Å². The number of benzene rings is 1. The van der Waals surface area contributed by atoms with Crippen molar-refractivity contribution in [3.05, 3.63) is 69.2 Å². The summed E-state index contributed by atoms with van der Waals surface area (Å²) in [5, 5.41) is 4.21. The predicted octanol–water partition coefficient (Wildman–Crippen LogP) is 2.63. The van der Waals surface area contributed by atoms with Crippen LogP contribution in [0.15, 0.2) is 57.9 Å². The second kappa shape index (κ2) is 6.37. The molecule has 0 atom stereocenters. The van der Waals surface area contributed by atoms with Gasteiger partial charge in [0.2, 0.25) is 10.8 Å². The van der Waals surface area contributed by atoms with Crippen LogP contribution in [-0.4, -0.2) is 21.7 Å². The van der Waals surface area contributed by atoms with Gasteiger partial charge in [-0.1, -0.05) is 41.7 Å². The summed E-state index contributed by atoms with van der Waals surface area (Å²) in [6.07, 6.45) is 7.01. The van der Waals surface area contributed by atoms with Crippen molar-refractivity contribution in [2.75, 3.05) is 7.11 Å². The third-order valence-electron chi connectivity index (χ3n) is 3.59. The standard InChI is InChI=1S/C18H13N3O3S/c1-23-13-8-3-2-6-12(13)7-4-10-15-17(22)21-18(25-15)19-16(20-21)14-9-5-11-24-14/h2-11H,1H3/b7-4-,15-10-. The molecule has 0 amide bonds. The number of methoxy groups -OCH3 is 1. The molecule has 4 aromatic rings. The van der Waals surface area contributed by atoms with Crippen molar-refractivity contribution in [1.82, 2.24) is 14.6 Å². The molecule has 0 unspecified atom stereocenters.